The van der Waals surface area contributed by atoms with Gasteiger partial charge in [0.25, 0.3) is 0 Å². The van der Waals surface area contributed by atoms with E-state index in [1.54, 1.807) is 29.6 Å². The molecule has 0 spiro atoms. The van der Waals surface area contributed by atoms with Crippen molar-refractivity contribution in [1.29, 1.82) is 5.26 Å². The predicted molar refractivity (Wildman–Crippen MR) is 137 cm³/mol. The molecule has 2 amide bonds. The smallest absolute Gasteiger partial charge is 0.218 e. The molecular weight excluding hydrogens is 452 g/mol. The first-order chi connectivity index (χ1) is 15.9. The molecule has 1 aromatic heterocycles. The van der Waals surface area contributed by atoms with E-state index >= 15 is 0 Å². The maximum atomic E-state index is 11.1. The monoisotopic (exact) mass is 476 g/mol. The summed E-state index contributed by atoms with van der Waals surface area (Å²) < 4.78 is 0.0603. The van der Waals surface area contributed by atoms with Gasteiger partial charge in [0.1, 0.15) is 0 Å². The average molecular weight is 477 g/mol. The second-order valence-corrected chi connectivity index (χ2v) is 9.99. The highest BCUT2D eigenvalue weighted by molar-refractivity contribution is 8.16. The summed E-state index contributed by atoms with van der Waals surface area (Å²) in [7, 11) is 0. The zero-order valence-electron chi connectivity index (χ0n) is 17.9. The lowest BCUT2D eigenvalue weighted by Crippen LogP contribution is -2.12. The minimum Gasteiger partial charge on any atom is -0.370 e. The number of fused-ring (bicyclic) bond motifs is 1. The molecule has 4 N–H and O–H groups in total. The number of nitrogens with two attached hydrogens (primary N) is 2. The molecule has 0 aliphatic heterocycles. The Balaban J connectivity index is 1.75. The van der Waals surface area contributed by atoms with Gasteiger partial charge in [-0.25, -0.2) is 4.98 Å². The van der Waals surface area contributed by atoms with Crippen LogP contribution in [-0.4, -0.2) is 28.3 Å². The molecule has 0 radical (unpaired) electrons. The van der Waals surface area contributed by atoms with Gasteiger partial charge in [0, 0.05) is 29.7 Å². The highest BCUT2D eigenvalue weighted by atomic mass is 32.2. The molecule has 0 aliphatic rings. The minimum atomic E-state index is -0.327. The topological polar surface area (TPSA) is 123 Å². The quantitative estimate of drug-likeness (QED) is 0.393. The van der Waals surface area contributed by atoms with Gasteiger partial charge in [-0.3, -0.25) is 9.59 Å². The van der Waals surface area contributed by atoms with Crippen LogP contribution in [0.1, 0.15) is 39.8 Å². The first-order valence-electron chi connectivity index (χ1n) is 10.3. The standard InChI is InChI=1S/C25H24N4O2S2/c26-16-18-5-9-22-19(15-18)6-8-21(29-22)7-4-17-2-1-3-20(14-17)25(32-12-10-23(27)30)33-13-11-24(28)31/h1-9,14-15,25H,10-13H2,(H2,27,30)(H2,28,31)/b7-4+. The van der Waals surface area contributed by atoms with Crippen LogP contribution in [0.4, 0.5) is 0 Å². The van der Waals surface area contributed by atoms with E-state index < -0.39 is 0 Å². The Morgan fingerprint density at radius 1 is 0.970 bits per heavy atom. The summed E-state index contributed by atoms with van der Waals surface area (Å²) in [5, 5.41) is 9.97. The van der Waals surface area contributed by atoms with Gasteiger partial charge in [0.2, 0.25) is 11.8 Å². The Bertz CT molecular complexity index is 1200. The highest BCUT2D eigenvalue weighted by Crippen LogP contribution is 2.40. The third-order valence-corrected chi connectivity index (χ3v) is 7.55. The van der Waals surface area contributed by atoms with Crippen LogP contribution < -0.4 is 11.5 Å². The number of primary amides is 2. The Labute approximate surface area is 201 Å². The average Bonchev–Trinajstić information content (AvgIpc) is 2.81. The van der Waals surface area contributed by atoms with Gasteiger partial charge in [0.05, 0.1) is 27.4 Å². The molecule has 3 aromatic rings. The van der Waals surface area contributed by atoms with E-state index in [4.69, 9.17) is 16.7 Å². The van der Waals surface area contributed by atoms with Crippen LogP contribution in [0.2, 0.25) is 0 Å². The van der Waals surface area contributed by atoms with Crippen molar-refractivity contribution in [2.24, 2.45) is 11.5 Å². The van der Waals surface area contributed by atoms with E-state index in [1.165, 1.54) is 0 Å². The minimum absolute atomic E-state index is 0.0603. The van der Waals surface area contributed by atoms with Gasteiger partial charge in [-0.15, -0.1) is 23.5 Å². The Morgan fingerprint density at radius 3 is 2.36 bits per heavy atom. The van der Waals surface area contributed by atoms with Crippen LogP contribution in [0.25, 0.3) is 23.1 Å². The molecule has 1 heterocycles. The third kappa shape index (κ3) is 7.67. The predicted octanol–water partition coefficient (Wildman–Crippen LogP) is 4.49. The van der Waals surface area contributed by atoms with Gasteiger partial charge >= 0.3 is 0 Å². The number of carbonyl (C=O) groups excluding carboxylic acids is 2. The van der Waals surface area contributed by atoms with Crippen molar-refractivity contribution in [3.05, 3.63) is 77.0 Å². The van der Waals surface area contributed by atoms with E-state index in [9.17, 15) is 9.59 Å². The number of amides is 2. The molecule has 8 heteroatoms. The molecule has 33 heavy (non-hydrogen) atoms. The molecule has 3 rings (SSSR count). The fourth-order valence-corrected chi connectivity index (χ4v) is 5.77. The summed E-state index contributed by atoms with van der Waals surface area (Å²) in [6.07, 6.45) is 4.56. The van der Waals surface area contributed by atoms with Crippen LogP contribution in [0.3, 0.4) is 0 Å². The molecule has 0 atom stereocenters. The molecule has 0 aliphatic carbocycles. The maximum absolute atomic E-state index is 11.1. The fourth-order valence-electron chi connectivity index (χ4n) is 3.07. The number of pyridine rings is 1. The lowest BCUT2D eigenvalue weighted by atomic mass is 10.1. The molecule has 0 saturated heterocycles. The van der Waals surface area contributed by atoms with Crippen molar-refractivity contribution in [1.82, 2.24) is 4.98 Å². The maximum Gasteiger partial charge on any atom is 0.218 e. The summed E-state index contributed by atoms with van der Waals surface area (Å²) in [5.41, 5.74) is 14.9. The van der Waals surface area contributed by atoms with Gasteiger partial charge in [0.15, 0.2) is 0 Å². The number of nitrogens with zero attached hydrogens (tertiary/aromatic N) is 2. The lowest BCUT2D eigenvalue weighted by molar-refractivity contribution is -0.118. The van der Waals surface area contributed by atoms with E-state index in [2.05, 4.69) is 17.1 Å². The van der Waals surface area contributed by atoms with Crippen molar-refractivity contribution in [3.8, 4) is 6.07 Å². The highest BCUT2D eigenvalue weighted by Gasteiger charge is 2.14. The van der Waals surface area contributed by atoms with Crippen molar-refractivity contribution in [3.63, 3.8) is 0 Å². The molecule has 2 aromatic carbocycles. The zero-order chi connectivity index (χ0) is 23.6. The number of hydrogen-bond acceptors (Lipinski definition) is 6. The lowest BCUT2D eigenvalue weighted by Gasteiger charge is -2.17. The third-order valence-electron chi connectivity index (χ3n) is 4.70. The van der Waals surface area contributed by atoms with E-state index in [0.717, 1.165) is 27.7 Å². The number of carbonyl (C=O) groups is 2. The van der Waals surface area contributed by atoms with Crippen LogP contribution >= 0.6 is 23.5 Å². The van der Waals surface area contributed by atoms with Gasteiger partial charge in [-0.2, -0.15) is 5.26 Å². The van der Waals surface area contributed by atoms with Crippen molar-refractivity contribution >= 4 is 58.4 Å². The second-order valence-electron chi connectivity index (χ2n) is 7.26. The summed E-state index contributed by atoms with van der Waals surface area (Å²) >= 11 is 3.27. The van der Waals surface area contributed by atoms with Crippen LogP contribution in [-0.2, 0) is 9.59 Å². The second kappa shape index (κ2) is 12.1. The van der Waals surface area contributed by atoms with Crippen LogP contribution in [0.15, 0.2) is 54.6 Å². The van der Waals surface area contributed by atoms with Crippen LogP contribution in [0.5, 0.6) is 0 Å². The van der Waals surface area contributed by atoms with Gasteiger partial charge < -0.3 is 11.5 Å². The number of thioether (sulfide) groups is 2. The summed E-state index contributed by atoms with van der Waals surface area (Å²) in [6.45, 7) is 0. The Hall–Kier alpha value is -3.28. The van der Waals surface area contributed by atoms with Crippen molar-refractivity contribution in [2.45, 2.75) is 17.4 Å². The molecule has 168 valence electrons. The van der Waals surface area contributed by atoms with Crippen molar-refractivity contribution in [2.75, 3.05) is 11.5 Å². The zero-order valence-corrected chi connectivity index (χ0v) is 19.6. The molecule has 0 bridgehead atoms. The SMILES string of the molecule is N#Cc1ccc2nc(/C=C/c3cccc(C(SCCC(N)=O)SCCC(N)=O)c3)ccc2c1. The fraction of sp³-hybridized carbons (Fsp3) is 0.200. The van der Waals surface area contributed by atoms with E-state index in [-0.39, 0.29) is 16.4 Å². The summed E-state index contributed by atoms with van der Waals surface area (Å²) in [4.78, 5) is 26.9. The largest absolute Gasteiger partial charge is 0.370 e. The molecular formula is C25H24N4O2S2. The first kappa shape index (κ1) is 24.4. The number of aromatic nitrogens is 1. The van der Waals surface area contributed by atoms with E-state index in [0.29, 0.717) is 29.9 Å². The molecule has 0 saturated carbocycles. The number of hydrogen-bond donors (Lipinski definition) is 2. The molecule has 0 fully saturated rings. The Morgan fingerprint density at radius 2 is 1.70 bits per heavy atom. The Kier molecular flexibility index (Phi) is 8.93. The van der Waals surface area contributed by atoms with Gasteiger partial charge in [-0.05, 0) is 47.5 Å². The van der Waals surface area contributed by atoms with Crippen molar-refractivity contribution < 1.29 is 9.59 Å². The van der Waals surface area contributed by atoms with E-state index in [1.807, 2.05) is 54.6 Å². The summed E-state index contributed by atoms with van der Waals surface area (Å²) in [5.74, 6) is 0.565. The van der Waals surface area contributed by atoms with Gasteiger partial charge in [-0.1, -0.05) is 30.3 Å². The van der Waals surface area contributed by atoms with Crippen LogP contribution in [0, 0.1) is 11.3 Å². The summed E-state index contributed by atoms with van der Waals surface area (Å²) in [6, 6.07) is 19.6. The molecule has 6 nitrogen and oxygen atoms in total. The first-order valence-corrected chi connectivity index (χ1v) is 12.4. The number of benzene rings is 2. The normalized spacial score (nSPS) is 11.2. The number of rotatable bonds is 11. The molecule has 0 unspecified atom stereocenters. The number of nitriles is 1.